The van der Waals surface area contributed by atoms with Crippen molar-refractivity contribution in [3.05, 3.63) is 0 Å². The van der Waals surface area contributed by atoms with Crippen molar-refractivity contribution in [2.75, 3.05) is 7.11 Å². The second-order valence-corrected chi connectivity index (χ2v) is 4.66. The van der Waals surface area contributed by atoms with Gasteiger partial charge in [0.1, 0.15) is 0 Å². The Morgan fingerprint density at radius 2 is 2.36 bits per heavy atom. The predicted molar refractivity (Wildman–Crippen MR) is 56.8 cm³/mol. The molecule has 0 heterocycles. The monoisotopic (exact) mass is 195 g/mol. The standard InChI is InChI=1S/C12H21NO/c1-4-11-5-6-12(8-11,9-13)7-10(2)14-3/h10-11H,4-8H2,1-3H3. The molecule has 0 saturated heterocycles. The van der Waals surface area contributed by atoms with Gasteiger partial charge < -0.3 is 4.74 Å². The number of hydrogen-bond donors (Lipinski definition) is 0. The van der Waals surface area contributed by atoms with E-state index in [0.29, 0.717) is 0 Å². The predicted octanol–water partition coefficient (Wildman–Crippen LogP) is 3.13. The number of ether oxygens (including phenoxy) is 1. The van der Waals surface area contributed by atoms with Gasteiger partial charge in [-0.25, -0.2) is 0 Å². The van der Waals surface area contributed by atoms with Gasteiger partial charge in [0.25, 0.3) is 0 Å². The van der Waals surface area contributed by atoms with Crippen LogP contribution in [0.5, 0.6) is 0 Å². The van der Waals surface area contributed by atoms with Crippen molar-refractivity contribution >= 4 is 0 Å². The Hall–Kier alpha value is -0.550. The van der Waals surface area contributed by atoms with Crippen molar-refractivity contribution in [2.45, 2.75) is 52.1 Å². The molecule has 1 aliphatic rings. The molecular formula is C12H21NO. The van der Waals surface area contributed by atoms with Crippen LogP contribution in [0.1, 0.15) is 46.0 Å². The highest BCUT2D eigenvalue weighted by molar-refractivity contribution is 5.04. The summed E-state index contributed by atoms with van der Waals surface area (Å²) in [6.45, 7) is 4.27. The molecule has 1 fully saturated rings. The minimum absolute atomic E-state index is 0.0872. The molecule has 0 spiro atoms. The van der Waals surface area contributed by atoms with Crippen LogP contribution in [0.4, 0.5) is 0 Å². The zero-order chi connectivity index (χ0) is 10.6. The molecule has 14 heavy (non-hydrogen) atoms. The Labute approximate surface area is 87.3 Å². The van der Waals surface area contributed by atoms with E-state index in [1.54, 1.807) is 7.11 Å². The van der Waals surface area contributed by atoms with Crippen LogP contribution in [0.15, 0.2) is 0 Å². The fraction of sp³-hybridized carbons (Fsp3) is 0.917. The summed E-state index contributed by atoms with van der Waals surface area (Å²) >= 11 is 0. The van der Waals surface area contributed by atoms with Gasteiger partial charge in [-0.1, -0.05) is 13.3 Å². The van der Waals surface area contributed by atoms with E-state index in [1.807, 2.05) is 0 Å². The van der Waals surface area contributed by atoms with Gasteiger partial charge in [0.05, 0.1) is 17.6 Å². The van der Waals surface area contributed by atoms with Gasteiger partial charge in [-0.05, 0) is 38.5 Å². The topological polar surface area (TPSA) is 33.0 Å². The lowest BCUT2D eigenvalue weighted by Gasteiger charge is -2.24. The average molecular weight is 195 g/mol. The lowest BCUT2D eigenvalue weighted by atomic mass is 9.81. The van der Waals surface area contributed by atoms with Gasteiger partial charge in [0, 0.05) is 7.11 Å². The van der Waals surface area contributed by atoms with E-state index in [1.165, 1.54) is 12.8 Å². The molecule has 1 rings (SSSR count). The van der Waals surface area contributed by atoms with Crippen LogP contribution >= 0.6 is 0 Å². The smallest absolute Gasteiger partial charge is 0.0690 e. The molecule has 0 amide bonds. The number of nitriles is 1. The maximum absolute atomic E-state index is 9.27. The SMILES string of the molecule is CCC1CCC(C#N)(CC(C)OC)C1. The van der Waals surface area contributed by atoms with E-state index < -0.39 is 0 Å². The molecule has 2 heteroatoms. The van der Waals surface area contributed by atoms with Crippen molar-refractivity contribution in [1.29, 1.82) is 5.26 Å². The van der Waals surface area contributed by atoms with E-state index in [2.05, 4.69) is 19.9 Å². The third kappa shape index (κ3) is 2.48. The normalized spacial score (nSPS) is 34.0. The van der Waals surface area contributed by atoms with E-state index in [0.717, 1.165) is 25.2 Å². The average Bonchev–Trinajstić information content (AvgIpc) is 2.62. The van der Waals surface area contributed by atoms with Crippen LogP contribution in [-0.4, -0.2) is 13.2 Å². The molecule has 0 bridgehead atoms. The minimum Gasteiger partial charge on any atom is -0.382 e. The Kier molecular flexibility index (Phi) is 3.95. The second-order valence-electron chi connectivity index (χ2n) is 4.66. The summed E-state index contributed by atoms with van der Waals surface area (Å²) in [5, 5.41) is 9.27. The summed E-state index contributed by atoms with van der Waals surface area (Å²) in [6.07, 6.45) is 5.69. The highest BCUT2D eigenvalue weighted by atomic mass is 16.5. The summed E-state index contributed by atoms with van der Waals surface area (Å²) in [5.74, 6) is 0.763. The molecule has 1 aliphatic carbocycles. The van der Waals surface area contributed by atoms with E-state index in [-0.39, 0.29) is 11.5 Å². The molecule has 3 atom stereocenters. The van der Waals surface area contributed by atoms with Crippen LogP contribution in [-0.2, 0) is 4.74 Å². The van der Waals surface area contributed by atoms with Crippen LogP contribution in [0.2, 0.25) is 0 Å². The summed E-state index contributed by atoms with van der Waals surface area (Å²) < 4.78 is 5.26. The first-order chi connectivity index (χ1) is 6.65. The first-order valence-corrected chi connectivity index (χ1v) is 5.60. The van der Waals surface area contributed by atoms with Crippen molar-refractivity contribution < 1.29 is 4.74 Å². The highest BCUT2D eigenvalue weighted by Crippen LogP contribution is 2.45. The van der Waals surface area contributed by atoms with Gasteiger partial charge in [-0.15, -0.1) is 0 Å². The van der Waals surface area contributed by atoms with Crippen LogP contribution < -0.4 is 0 Å². The summed E-state index contributed by atoms with van der Waals surface area (Å²) in [7, 11) is 1.72. The van der Waals surface area contributed by atoms with E-state index >= 15 is 0 Å². The molecule has 1 saturated carbocycles. The summed E-state index contributed by atoms with van der Waals surface area (Å²) in [4.78, 5) is 0. The number of hydrogen-bond acceptors (Lipinski definition) is 2. The largest absolute Gasteiger partial charge is 0.382 e. The lowest BCUT2D eigenvalue weighted by molar-refractivity contribution is 0.0809. The van der Waals surface area contributed by atoms with Crippen molar-refractivity contribution in [2.24, 2.45) is 11.3 Å². The van der Waals surface area contributed by atoms with Crippen LogP contribution in [0.25, 0.3) is 0 Å². The van der Waals surface area contributed by atoms with Gasteiger partial charge in [-0.3, -0.25) is 0 Å². The molecule has 0 N–H and O–H groups in total. The fourth-order valence-corrected chi connectivity index (χ4v) is 2.55. The molecule has 2 nitrogen and oxygen atoms in total. The third-order valence-corrected chi connectivity index (χ3v) is 3.61. The molecule has 0 aromatic carbocycles. The Morgan fingerprint density at radius 3 is 2.79 bits per heavy atom. The second kappa shape index (κ2) is 4.79. The van der Waals surface area contributed by atoms with Gasteiger partial charge >= 0.3 is 0 Å². The lowest BCUT2D eigenvalue weighted by Crippen LogP contribution is -2.22. The Morgan fingerprint density at radius 1 is 1.64 bits per heavy atom. The maximum Gasteiger partial charge on any atom is 0.0690 e. The molecule has 0 aromatic heterocycles. The zero-order valence-corrected chi connectivity index (χ0v) is 9.55. The van der Waals surface area contributed by atoms with Gasteiger partial charge in [-0.2, -0.15) is 5.26 Å². The van der Waals surface area contributed by atoms with Crippen LogP contribution in [0.3, 0.4) is 0 Å². The van der Waals surface area contributed by atoms with Crippen molar-refractivity contribution in [1.82, 2.24) is 0 Å². The highest BCUT2D eigenvalue weighted by Gasteiger charge is 2.39. The molecular weight excluding hydrogens is 174 g/mol. The summed E-state index contributed by atoms with van der Waals surface area (Å²) in [5.41, 5.74) is -0.0872. The Balaban J connectivity index is 2.57. The molecule has 3 unspecified atom stereocenters. The Bertz CT molecular complexity index is 221. The van der Waals surface area contributed by atoms with Crippen LogP contribution in [0, 0.1) is 22.7 Å². The zero-order valence-electron chi connectivity index (χ0n) is 9.55. The molecule has 0 radical (unpaired) electrons. The molecule has 0 aromatic rings. The number of methoxy groups -OCH3 is 1. The van der Waals surface area contributed by atoms with Gasteiger partial charge in [0.2, 0.25) is 0 Å². The first kappa shape index (κ1) is 11.5. The molecule has 80 valence electrons. The van der Waals surface area contributed by atoms with E-state index in [4.69, 9.17) is 4.74 Å². The number of rotatable bonds is 4. The maximum atomic E-state index is 9.27. The fourth-order valence-electron chi connectivity index (χ4n) is 2.55. The third-order valence-electron chi connectivity index (χ3n) is 3.61. The van der Waals surface area contributed by atoms with Crippen molar-refractivity contribution in [3.8, 4) is 6.07 Å². The van der Waals surface area contributed by atoms with Gasteiger partial charge in [0.15, 0.2) is 0 Å². The molecule has 0 aliphatic heterocycles. The minimum atomic E-state index is -0.0872. The quantitative estimate of drug-likeness (QED) is 0.690. The van der Waals surface area contributed by atoms with Crippen molar-refractivity contribution in [3.63, 3.8) is 0 Å². The number of nitrogens with zero attached hydrogens (tertiary/aromatic N) is 1. The first-order valence-electron chi connectivity index (χ1n) is 5.60. The van der Waals surface area contributed by atoms with E-state index in [9.17, 15) is 5.26 Å². The summed E-state index contributed by atoms with van der Waals surface area (Å²) in [6, 6.07) is 2.53.